The van der Waals surface area contributed by atoms with E-state index in [-0.39, 0.29) is 0 Å². The molecule has 118 valence electrons. The van der Waals surface area contributed by atoms with E-state index in [1.807, 2.05) is 36.4 Å². The molecular weight excluding hydrogens is 294 g/mol. The molecule has 0 N–H and O–H groups in total. The van der Waals surface area contributed by atoms with Gasteiger partial charge < -0.3 is 4.84 Å². The van der Waals surface area contributed by atoms with Crippen LogP contribution in [0, 0.1) is 6.92 Å². The van der Waals surface area contributed by atoms with Gasteiger partial charge in [-0.1, -0.05) is 95.6 Å². The largest absolute Gasteiger partial charge is 0.379 e. The molecule has 1 aliphatic rings. The molecule has 2 heteroatoms. The Morgan fingerprint density at radius 3 is 1.83 bits per heavy atom. The third-order valence-electron chi connectivity index (χ3n) is 4.59. The molecule has 0 saturated heterocycles. The molecule has 2 nitrogen and oxygen atoms in total. The van der Waals surface area contributed by atoms with Crippen LogP contribution in [0.2, 0.25) is 0 Å². The van der Waals surface area contributed by atoms with Gasteiger partial charge in [-0.05, 0) is 12.5 Å². The molecular formula is C22H19NO. The van der Waals surface area contributed by atoms with E-state index in [1.54, 1.807) is 0 Å². The number of oxime groups is 1. The van der Waals surface area contributed by atoms with Crippen LogP contribution >= 0.6 is 0 Å². The van der Waals surface area contributed by atoms with Crippen LogP contribution in [0.4, 0.5) is 0 Å². The van der Waals surface area contributed by atoms with Crippen LogP contribution in [0.25, 0.3) is 0 Å². The van der Waals surface area contributed by atoms with Crippen molar-refractivity contribution in [1.29, 1.82) is 0 Å². The molecule has 3 aromatic rings. The van der Waals surface area contributed by atoms with Crippen molar-refractivity contribution in [2.75, 3.05) is 0 Å². The van der Waals surface area contributed by atoms with Gasteiger partial charge in [-0.15, -0.1) is 0 Å². The number of aryl methyl sites for hydroxylation is 1. The molecule has 0 atom stereocenters. The predicted molar refractivity (Wildman–Crippen MR) is 97.1 cm³/mol. The van der Waals surface area contributed by atoms with Crippen LogP contribution in [0.1, 0.15) is 28.7 Å². The van der Waals surface area contributed by atoms with Crippen LogP contribution in [0.15, 0.2) is 90.1 Å². The van der Waals surface area contributed by atoms with Gasteiger partial charge in [0.2, 0.25) is 0 Å². The molecule has 0 amide bonds. The Morgan fingerprint density at radius 1 is 0.750 bits per heavy atom. The zero-order valence-electron chi connectivity index (χ0n) is 13.6. The second-order valence-corrected chi connectivity index (χ2v) is 6.23. The fourth-order valence-electron chi connectivity index (χ4n) is 3.23. The summed E-state index contributed by atoms with van der Waals surface area (Å²) in [5.74, 6) is 0. The van der Waals surface area contributed by atoms with E-state index in [2.05, 4.69) is 60.6 Å². The number of nitrogens with zero attached hydrogens (tertiary/aromatic N) is 1. The predicted octanol–water partition coefficient (Wildman–Crippen LogP) is 5.06. The summed E-state index contributed by atoms with van der Waals surface area (Å²) < 4.78 is 0. The molecule has 1 heterocycles. The van der Waals surface area contributed by atoms with E-state index >= 15 is 0 Å². The zero-order chi connectivity index (χ0) is 16.4. The molecule has 3 aromatic carbocycles. The quantitative estimate of drug-likeness (QED) is 0.662. The Labute approximate surface area is 142 Å². The second-order valence-electron chi connectivity index (χ2n) is 6.23. The van der Waals surface area contributed by atoms with Crippen molar-refractivity contribution in [3.63, 3.8) is 0 Å². The highest BCUT2D eigenvalue weighted by molar-refractivity contribution is 6.02. The lowest BCUT2D eigenvalue weighted by molar-refractivity contribution is 0.0112. The van der Waals surface area contributed by atoms with E-state index in [4.69, 9.17) is 4.84 Å². The highest BCUT2D eigenvalue weighted by Crippen LogP contribution is 2.42. The summed E-state index contributed by atoms with van der Waals surface area (Å²) in [5.41, 5.74) is 5.06. The topological polar surface area (TPSA) is 21.6 Å². The third kappa shape index (κ3) is 2.50. The monoisotopic (exact) mass is 313 g/mol. The first-order chi connectivity index (χ1) is 11.8. The Morgan fingerprint density at radius 2 is 1.29 bits per heavy atom. The smallest absolute Gasteiger partial charge is 0.193 e. The van der Waals surface area contributed by atoms with Gasteiger partial charge >= 0.3 is 0 Å². The zero-order valence-corrected chi connectivity index (χ0v) is 13.6. The average Bonchev–Trinajstić information content (AvgIpc) is 3.10. The van der Waals surface area contributed by atoms with Gasteiger partial charge in [0, 0.05) is 17.5 Å². The van der Waals surface area contributed by atoms with E-state index in [1.165, 1.54) is 5.56 Å². The van der Waals surface area contributed by atoms with E-state index in [0.717, 1.165) is 28.8 Å². The van der Waals surface area contributed by atoms with Crippen LogP contribution in [0.5, 0.6) is 0 Å². The third-order valence-corrected chi connectivity index (χ3v) is 4.59. The molecule has 0 radical (unpaired) electrons. The van der Waals surface area contributed by atoms with Gasteiger partial charge in [-0.3, -0.25) is 0 Å². The lowest BCUT2D eigenvalue weighted by atomic mass is 9.81. The summed E-state index contributed by atoms with van der Waals surface area (Å²) in [4.78, 5) is 6.10. The van der Waals surface area contributed by atoms with Crippen molar-refractivity contribution >= 4 is 5.71 Å². The molecule has 24 heavy (non-hydrogen) atoms. The summed E-state index contributed by atoms with van der Waals surface area (Å²) in [6, 6.07) is 29.2. The molecule has 4 rings (SSSR count). The molecule has 0 aliphatic carbocycles. The van der Waals surface area contributed by atoms with Crippen LogP contribution < -0.4 is 0 Å². The first-order valence-electron chi connectivity index (χ1n) is 8.21. The Bertz CT molecular complexity index is 812. The normalized spacial score (nSPS) is 15.6. The SMILES string of the molecule is Cc1ccc(C2=NOC(c3ccccc3)(c3ccccc3)C2)cc1. The standard InChI is InChI=1S/C22H19NO/c1-17-12-14-18(15-13-17)21-16-22(24-23-21,19-8-4-2-5-9-19)20-10-6-3-7-11-20/h2-15H,16H2,1H3. The second kappa shape index (κ2) is 5.97. The van der Waals surface area contributed by atoms with Gasteiger partial charge in [-0.25, -0.2) is 0 Å². The summed E-state index contributed by atoms with van der Waals surface area (Å²) in [5, 5.41) is 4.46. The Kier molecular flexibility index (Phi) is 3.66. The maximum absolute atomic E-state index is 6.10. The van der Waals surface area contributed by atoms with Crippen molar-refractivity contribution in [2.24, 2.45) is 5.16 Å². The molecule has 0 aromatic heterocycles. The van der Waals surface area contributed by atoms with Crippen LogP contribution in [-0.4, -0.2) is 5.71 Å². The number of rotatable bonds is 3. The van der Waals surface area contributed by atoms with E-state index in [9.17, 15) is 0 Å². The molecule has 1 aliphatic heterocycles. The van der Waals surface area contributed by atoms with Gasteiger partial charge in [-0.2, -0.15) is 0 Å². The Balaban J connectivity index is 1.76. The summed E-state index contributed by atoms with van der Waals surface area (Å²) >= 11 is 0. The van der Waals surface area contributed by atoms with Gasteiger partial charge in [0.1, 0.15) is 0 Å². The summed E-state index contributed by atoms with van der Waals surface area (Å²) in [7, 11) is 0. The maximum atomic E-state index is 6.10. The number of benzene rings is 3. The van der Waals surface area contributed by atoms with Gasteiger partial charge in [0.15, 0.2) is 5.60 Å². The average molecular weight is 313 g/mol. The van der Waals surface area contributed by atoms with Crippen molar-refractivity contribution < 1.29 is 4.84 Å². The highest BCUT2D eigenvalue weighted by atomic mass is 16.7. The van der Waals surface area contributed by atoms with Gasteiger partial charge in [0.25, 0.3) is 0 Å². The van der Waals surface area contributed by atoms with E-state index < -0.39 is 5.60 Å². The number of hydrogen-bond donors (Lipinski definition) is 0. The lowest BCUT2D eigenvalue weighted by Crippen LogP contribution is -2.28. The maximum Gasteiger partial charge on any atom is 0.193 e. The minimum atomic E-state index is -0.553. The summed E-state index contributed by atoms with van der Waals surface area (Å²) in [6.07, 6.45) is 0.726. The fourth-order valence-corrected chi connectivity index (χ4v) is 3.23. The minimum absolute atomic E-state index is 0.553. The first-order valence-corrected chi connectivity index (χ1v) is 8.21. The summed E-state index contributed by atoms with van der Waals surface area (Å²) in [6.45, 7) is 2.09. The molecule has 0 spiro atoms. The number of hydrogen-bond acceptors (Lipinski definition) is 2. The fraction of sp³-hybridized carbons (Fsp3) is 0.136. The molecule has 0 unspecified atom stereocenters. The molecule has 0 saturated carbocycles. The van der Waals surface area contributed by atoms with Crippen molar-refractivity contribution in [3.05, 3.63) is 107 Å². The van der Waals surface area contributed by atoms with Crippen molar-refractivity contribution in [1.82, 2.24) is 0 Å². The molecule has 0 fully saturated rings. The molecule has 0 bridgehead atoms. The van der Waals surface area contributed by atoms with Gasteiger partial charge in [0.05, 0.1) is 5.71 Å². The van der Waals surface area contributed by atoms with Crippen molar-refractivity contribution in [3.8, 4) is 0 Å². The van der Waals surface area contributed by atoms with Crippen molar-refractivity contribution in [2.45, 2.75) is 18.9 Å². The van der Waals surface area contributed by atoms with Crippen LogP contribution in [0.3, 0.4) is 0 Å². The Hall–Kier alpha value is -2.87. The van der Waals surface area contributed by atoms with Crippen LogP contribution in [-0.2, 0) is 10.4 Å². The van der Waals surface area contributed by atoms with E-state index in [0.29, 0.717) is 0 Å². The first kappa shape index (κ1) is 14.7. The minimum Gasteiger partial charge on any atom is -0.379 e. The highest BCUT2D eigenvalue weighted by Gasteiger charge is 2.42. The lowest BCUT2D eigenvalue weighted by Gasteiger charge is -2.27.